The lowest BCUT2D eigenvalue weighted by atomic mass is 10.1. The van der Waals surface area contributed by atoms with E-state index in [1.165, 1.54) is 0 Å². The number of aromatic nitrogens is 1. The second kappa shape index (κ2) is 5.17. The van der Waals surface area contributed by atoms with Gasteiger partial charge in [-0.15, -0.1) is 0 Å². The van der Waals surface area contributed by atoms with Crippen LogP contribution in [-0.2, 0) is 0 Å². The Hall–Kier alpha value is -3.68. The molecule has 126 valence electrons. The molecular weight excluding hydrogens is 348 g/mol. The summed E-state index contributed by atoms with van der Waals surface area (Å²) >= 11 is 0. The predicted molar refractivity (Wildman–Crippen MR) is 72.8 cm³/mol. The van der Waals surface area contributed by atoms with Crippen molar-refractivity contribution in [2.75, 3.05) is 5.73 Å². The summed E-state index contributed by atoms with van der Waals surface area (Å²) in [6, 6.07) is 1.49. The highest BCUT2D eigenvalue weighted by atomic mass is 19.2. The van der Waals surface area contributed by atoms with Gasteiger partial charge in [0.15, 0.2) is 23.3 Å². The van der Waals surface area contributed by atoms with Crippen molar-refractivity contribution in [1.29, 1.82) is 5.26 Å². The van der Waals surface area contributed by atoms with Gasteiger partial charge in [-0.1, -0.05) is 0 Å². The SMILES string of the molecule is N#Cc1c(F)c(F)c(-n2c(N)c3c(cc2=O)C(=O)NC3=O)c(F)c1F. The summed E-state index contributed by atoms with van der Waals surface area (Å²) in [7, 11) is 0. The lowest BCUT2D eigenvalue weighted by Gasteiger charge is -2.14. The number of rotatable bonds is 1. The van der Waals surface area contributed by atoms with Crippen molar-refractivity contribution in [3.05, 3.63) is 56.4 Å². The van der Waals surface area contributed by atoms with Crippen LogP contribution in [0.25, 0.3) is 5.69 Å². The van der Waals surface area contributed by atoms with E-state index < -0.39 is 68.8 Å². The number of fused-ring (bicyclic) bond motifs is 1. The van der Waals surface area contributed by atoms with Gasteiger partial charge in [-0.3, -0.25) is 24.3 Å². The summed E-state index contributed by atoms with van der Waals surface area (Å²) in [6.45, 7) is 0. The van der Waals surface area contributed by atoms with Crippen LogP contribution in [0, 0.1) is 34.6 Å². The summed E-state index contributed by atoms with van der Waals surface area (Å²) in [6.07, 6.45) is 0. The number of hydrogen-bond donors (Lipinski definition) is 2. The predicted octanol–water partition coefficient (Wildman–Crippen LogP) is 0.731. The summed E-state index contributed by atoms with van der Waals surface area (Å²) in [5.74, 6) is -11.1. The van der Waals surface area contributed by atoms with Crippen molar-refractivity contribution in [3.8, 4) is 11.8 Å². The number of nitriles is 1. The zero-order valence-electron chi connectivity index (χ0n) is 11.8. The van der Waals surface area contributed by atoms with E-state index in [1.807, 2.05) is 5.32 Å². The molecule has 2 amide bonds. The Balaban J connectivity index is 2.47. The second-order valence-electron chi connectivity index (χ2n) is 4.87. The minimum atomic E-state index is -2.06. The molecular formula is C14H4F4N4O3. The topological polar surface area (TPSA) is 118 Å². The molecule has 1 aromatic carbocycles. The van der Waals surface area contributed by atoms with Crippen molar-refractivity contribution in [2.24, 2.45) is 0 Å². The van der Waals surface area contributed by atoms with E-state index >= 15 is 0 Å². The van der Waals surface area contributed by atoms with Gasteiger partial charge in [-0.2, -0.15) is 5.26 Å². The van der Waals surface area contributed by atoms with Crippen LogP contribution < -0.4 is 16.6 Å². The van der Waals surface area contributed by atoms with E-state index in [0.717, 1.165) is 6.07 Å². The third-order valence-corrected chi connectivity index (χ3v) is 3.53. The third kappa shape index (κ3) is 2.01. The Bertz CT molecular complexity index is 1070. The molecule has 0 saturated heterocycles. The molecule has 1 aliphatic heterocycles. The standard InChI is InChI=1S/C14H4F4N4O3/c15-7-4(2-19)8(16)10(18)11(9(7)17)22-5(23)1-3-6(12(22)20)14(25)21-13(3)24/h1H,20H2,(H,21,24,25). The van der Waals surface area contributed by atoms with Gasteiger partial charge in [0.2, 0.25) is 0 Å². The molecule has 0 atom stereocenters. The quantitative estimate of drug-likeness (QED) is 0.446. The molecule has 0 fully saturated rings. The first-order chi connectivity index (χ1) is 11.7. The number of nitrogen functional groups attached to an aromatic ring is 1. The number of carbonyl (C=O) groups is 2. The van der Waals surface area contributed by atoms with Crippen molar-refractivity contribution < 1.29 is 27.2 Å². The highest BCUT2D eigenvalue weighted by Crippen LogP contribution is 2.29. The zero-order valence-corrected chi connectivity index (χ0v) is 11.8. The first-order valence-corrected chi connectivity index (χ1v) is 6.38. The second-order valence-corrected chi connectivity index (χ2v) is 4.87. The van der Waals surface area contributed by atoms with Crippen LogP contribution in [-0.4, -0.2) is 16.4 Å². The summed E-state index contributed by atoms with van der Waals surface area (Å²) in [5.41, 5.74) is 0.120. The molecule has 0 saturated carbocycles. The van der Waals surface area contributed by atoms with E-state index in [1.54, 1.807) is 0 Å². The van der Waals surface area contributed by atoms with Crippen molar-refractivity contribution in [2.45, 2.75) is 0 Å². The maximum Gasteiger partial charge on any atom is 0.262 e. The summed E-state index contributed by atoms with van der Waals surface area (Å²) in [5, 5.41) is 10.4. The average Bonchev–Trinajstić information content (AvgIpc) is 2.83. The number of nitrogens with two attached hydrogens (primary N) is 1. The van der Waals surface area contributed by atoms with E-state index in [-0.39, 0.29) is 4.57 Å². The number of halogens is 4. The molecule has 3 rings (SSSR count). The number of pyridine rings is 1. The smallest absolute Gasteiger partial charge is 0.262 e. The number of imide groups is 1. The molecule has 0 bridgehead atoms. The van der Waals surface area contributed by atoms with Crippen LogP contribution in [0.2, 0.25) is 0 Å². The number of benzene rings is 1. The summed E-state index contributed by atoms with van der Waals surface area (Å²) in [4.78, 5) is 35.3. The fourth-order valence-electron chi connectivity index (χ4n) is 2.42. The lowest BCUT2D eigenvalue weighted by molar-refractivity contribution is 0.0880. The minimum absolute atomic E-state index is 0.00892. The van der Waals surface area contributed by atoms with E-state index in [9.17, 15) is 31.9 Å². The average molecular weight is 352 g/mol. The highest BCUT2D eigenvalue weighted by molar-refractivity contribution is 6.23. The summed E-state index contributed by atoms with van der Waals surface area (Å²) < 4.78 is 55.8. The fraction of sp³-hybridized carbons (Fsp3) is 0. The first-order valence-electron chi connectivity index (χ1n) is 6.38. The molecule has 25 heavy (non-hydrogen) atoms. The number of nitrogens with zero attached hydrogens (tertiary/aromatic N) is 2. The molecule has 0 radical (unpaired) electrons. The molecule has 1 aliphatic rings. The van der Waals surface area contributed by atoms with Crippen molar-refractivity contribution >= 4 is 17.6 Å². The Morgan fingerprint density at radius 2 is 1.56 bits per heavy atom. The molecule has 7 nitrogen and oxygen atoms in total. The molecule has 0 aliphatic carbocycles. The maximum atomic E-state index is 14.1. The van der Waals surface area contributed by atoms with Crippen LogP contribution in [0.5, 0.6) is 0 Å². The highest BCUT2D eigenvalue weighted by Gasteiger charge is 2.34. The number of anilines is 1. The van der Waals surface area contributed by atoms with Gasteiger partial charge in [0.05, 0.1) is 11.1 Å². The normalized spacial score (nSPS) is 12.8. The van der Waals surface area contributed by atoms with Gasteiger partial charge in [0, 0.05) is 6.07 Å². The minimum Gasteiger partial charge on any atom is -0.384 e. The van der Waals surface area contributed by atoms with E-state index in [0.29, 0.717) is 6.07 Å². The number of nitrogens with one attached hydrogen (secondary N) is 1. The van der Waals surface area contributed by atoms with Crippen molar-refractivity contribution in [1.82, 2.24) is 9.88 Å². The third-order valence-electron chi connectivity index (χ3n) is 3.53. The van der Waals surface area contributed by atoms with Crippen LogP contribution >= 0.6 is 0 Å². The van der Waals surface area contributed by atoms with Gasteiger partial charge in [-0.25, -0.2) is 17.6 Å². The molecule has 2 aromatic rings. The Kier molecular flexibility index (Phi) is 3.34. The molecule has 2 heterocycles. The molecule has 3 N–H and O–H groups in total. The largest absolute Gasteiger partial charge is 0.384 e. The molecule has 11 heteroatoms. The zero-order chi connectivity index (χ0) is 18.6. The molecule has 0 spiro atoms. The van der Waals surface area contributed by atoms with Crippen LogP contribution in [0.3, 0.4) is 0 Å². The van der Waals surface area contributed by atoms with Gasteiger partial charge >= 0.3 is 0 Å². The van der Waals surface area contributed by atoms with Gasteiger partial charge in [0.1, 0.15) is 23.1 Å². The fourth-order valence-corrected chi connectivity index (χ4v) is 2.42. The van der Waals surface area contributed by atoms with Gasteiger partial charge in [0.25, 0.3) is 17.4 Å². The van der Waals surface area contributed by atoms with Crippen molar-refractivity contribution in [3.63, 3.8) is 0 Å². The lowest BCUT2D eigenvalue weighted by Crippen LogP contribution is -2.26. The first kappa shape index (κ1) is 16.2. The van der Waals surface area contributed by atoms with E-state index in [2.05, 4.69) is 0 Å². The molecule has 0 unspecified atom stereocenters. The van der Waals surface area contributed by atoms with Gasteiger partial charge in [-0.05, 0) is 0 Å². The number of carbonyl (C=O) groups excluding carboxylic acids is 2. The molecule has 1 aromatic heterocycles. The van der Waals surface area contributed by atoms with Crippen LogP contribution in [0.1, 0.15) is 26.3 Å². The Labute approximate surface area is 134 Å². The van der Waals surface area contributed by atoms with Gasteiger partial charge < -0.3 is 5.73 Å². The Morgan fingerprint density at radius 1 is 1.00 bits per heavy atom. The van der Waals surface area contributed by atoms with E-state index in [4.69, 9.17) is 11.0 Å². The van der Waals surface area contributed by atoms with Crippen LogP contribution in [0.4, 0.5) is 23.4 Å². The Morgan fingerprint density at radius 3 is 2.08 bits per heavy atom. The maximum absolute atomic E-state index is 14.1. The van der Waals surface area contributed by atoms with Crippen LogP contribution in [0.15, 0.2) is 10.9 Å². The number of hydrogen-bond acceptors (Lipinski definition) is 5. The number of amides is 2. The monoisotopic (exact) mass is 352 g/mol.